The van der Waals surface area contributed by atoms with Crippen LogP contribution in [-0.2, 0) is 17.9 Å². The van der Waals surface area contributed by atoms with Crippen molar-refractivity contribution in [2.45, 2.75) is 13.2 Å². The van der Waals surface area contributed by atoms with Crippen LogP contribution in [0.4, 0.5) is 0 Å². The van der Waals surface area contributed by atoms with Gasteiger partial charge in [-0.3, -0.25) is 14.7 Å². The van der Waals surface area contributed by atoms with E-state index in [1.54, 1.807) is 24.5 Å². The lowest BCUT2D eigenvalue weighted by atomic mass is 10.0. The smallest absolute Gasteiger partial charge is 0.232 e. The lowest BCUT2D eigenvalue weighted by Crippen LogP contribution is -2.48. The summed E-state index contributed by atoms with van der Waals surface area (Å²) < 4.78 is 5.58. The van der Waals surface area contributed by atoms with Crippen molar-refractivity contribution in [3.05, 3.63) is 51.9 Å². The summed E-state index contributed by atoms with van der Waals surface area (Å²) in [5.41, 5.74) is 1.71. The Balaban J connectivity index is 1.49. The van der Waals surface area contributed by atoms with Crippen LogP contribution in [0, 0.1) is 5.92 Å². The molecule has 0 spiro atoms. The Bertz CT molecular complexity index is 734. The normalized spacial score (nSPS) is 15.1. The monoisotopic (exact) mass is 385 g/mol. The predicted molar refractivity (Wildman–Crippen MR) is 92.5 cm³/mol. The summed E-state index contributed by atoms with van der Waals surface area (Å²) in [6, 6.07) is 5.32. The molecule has 126 valence electrons. The van der Waals surface area contributed by atoms with E-state index in [1.165, 1.54) is 0 Å². The van der Waals surface area contributed by atoms with Gasteiger partial charge in [-0.05, 0) is 29.3 Å². The maximum atomic E-state index is 11.0. The van der Waals surface area contributed by atoms with Gasteiger partial charge >= 0.3 is 0 Å². The van der Waals surface area contributed by atoms with Crippen molar-refractivity contribution < 1.29 is 9.53 Å². The second-order valence-corrected chi connectivity index (χ2v) is 6.77. The number of ether oxygens (including phenoxy) is 1. The zero-order chi connectivity index (χ0) is 17.1. The Labute approximate surface area is 154 Å². The van der Waals surface area contributed by atoms with Gasteiger partial charge in [0.05, 0.1) is 34.1 Å². The van der Waals surface area contributed by atoms with Crippen LogP contribution in [0.25, 0.3) is 0 Å². The topological polar surface area (TPSA) is 55.3 Å². The SMILES string of the molecule is O=C(Cl)C1CN(Cc2cnc(OCc3ccc(Cl)c(Cl)c3)cn2)C1. The van der Waals surface area contributed by atoms with Crippen LogP contribution < -0.4 is 4.74 Å². The Kier molecular flexibility index (Phi) is 5.56. The predicted octanol–water partition coefficient (Wildman–Crippen LogP) is 3.56. The van der Waals surface area contributed by atoms with Crippen molar-refractivity contribution in [3.63, 3.8) is 0 Å². The van der Waals surface area contributed by atoms with E-state index in [-0.39, 0.29) is 11.2 Å². The number of rotatable bonds is 6. The molecule has 5 nitrogen and oxygen atoms in total. The molecule has 1 aliphatic heterocycles. The van der Waals surface area contributed by atoms with Gasteiger partial charge in [0.15, 0.2) is 0 Å². The maximum absolute atomic E-state index is 11.0. The molecule has 0 atom stereocenters. The van der Waals surface area contributed by atoms with E-state index in [1.807, 2.05) is 6.07 Å². The summed E-state index contributed by atoms with van der Waals surface area (Å²) in [5.74, 6) is 0.371. The first-order chi connectivity index (χ1) is 11.5. The van der Waals surface area contributed by atoms with Gasteiger partial charge in [0.2, 0.25) is 11.1 Å². The highest BCUT2D eigenvalue weighted by atomic mass is 35.5. The fraction of sp³-hybridized carbons (Fsp3) is 0.312. The molecule has 24 heavy (non-hydrogen) atoms. The van der Waals surface area contributed by atoms with Crippen molar-refractivity contribution in [3.8, 4) is 5.88 Å². The van der Waals surface area contributed by atoms with Gasteiger partial charge in [-0.15, -0.1) is 0 Å². The third-order valence-electron chi connectivity index (χ3n) is 3.72. The van der Waals surface area contributed by atoms with Gasteiger partial charge in [-0.2, -0.15) is 0 Å². The molecule has 0 unspecified atom stereocenters. The van der Waals surface area contributed by atoms with E-state index in [0.717, 1.165) is 11.3 Å². The molecule has 0 aliphatic carbocycles. The number of halogens is 3. The van der Waals surface area contributed by atoms with Crippen LogP contribution in [-0.4, -0.2) is 33.2 Å². The van der Waals surface area contributed by atoms with Gasteiger partial charge in [0, 0.05) is 19.6 Å². The molecule has 2 aromatic rings. The minimum absolute atomic E-state index is 0.0616. The molecule has 1 aromatic carbocycles. The molecule has 0 radical (unpaired) electrons. The van der Waals surface area contributed by atoms with Gasteiger partial charge in [0.25, 0.3) is 0 Å². The fourth-order valence-corrected chi connectivity index (χ4v) is 2.82. The van der Waals surface area contributed by atoms with Crippen LogP contribution in [0.1, 0.15) is 11.3 Å². The van der Waals surface area contributed by atoms with Crippen LogP contribution in [0.5, 0.6) is 5.88 Å². The van der Waals surface area contributed by atoms with Crippen molar-refractivity contribution in [1.29, 1.82) is 0 Å². The number of likely N-dealkylation sites (tertiary alicyclic amines) is 1. The average molecular weight is 387 g/mol. The summed E-state index contributed by atoms with van der Waals surface area (Å²) in [4.78, 5) is 21.6. The van der Waals surface area contributed by atoms with Crippen molar-refractivity contribution in [1.82, 2.24) is 14.9 Å². The molecule has 1 aliphatic rings. The number of hydrogen-bond donors (Lipinski definition) is 0. The third-order valence-corrected chi connectivity index (χ3v) is 4.76. The highest BCUT2D eigenvalue weighted by Gasteiger charge is 2.31. The fourth-order valence-electron chi connectivity index (χ4n) is 2.36. The van der Waals surface area contributed by atoms with Crippen LogP contribution in [0.3, 0.4) is 0 Å². The molecule has 0 saturated carbocycles. The average Bonchev–Trinajstić information content (AvgIpc) is 2.52. The van der Waals surface area contributed by atoms with Crippen LogP contribution in [0.2, 0.25) is 10.0 Å². The van der Waals surface area contributed by atoms with E-state index in [0.29, 0.717) is 42.2 Å². The lowest BCUT2D eigenvalue weighted by Gasteiger charge is -2.36. The molecule has 1 aromatic heterocycles. The summed E-state index contributed by atoms with van der Waals surface area (Å²) in [5, 5.41) is 0.722. The molecule has 8 heteroatoms. The zero-order valence-electron chi connectivity index (χ0n) is 12.6. The first-order valence-corrected chi connectivity index (χ1v) is 8.44. The van der Waals surface area contributed by atoms with E-state index in [9.17, 15) is 4.79 Å². The molecule has 0 N–H and O–H groups in total. The van der Waals surface area contributed by atoms with Crippen LogP contribution in [0.15, 0.2) is 30.6 Å². The molecular formula is C16H14Cl3N3O2. The third kappa shape index (κ3) is 4.36. The second kappa shape index (κ2) is 7.66. The lowest BCUT2D eigenvalue weighted by molar-refractivity contribution is -0.120. The quantitative estimate of drug-likeness (QED) is 0.711. The number of nitrogens with zero attached hydrogens (tertiary/aromatic N) is 3. The molecule has 2 heterocycles. The van der Waals surface area contributed by atoms with Gasteiger partial charge in [-0.1, -0.05) is 29.3 Å². The Morgan fingerprint density at radius 3 is 2.62 bits per heavy atom. The molecule has 1 saturated heterocycles. The van der Waals surface area contributed by atoms with E-state index >= 15 is 0 Å². The summed E-state index contributed by atoms with van der Waals surface area (Å²) >= 11 is 17.3. The van der Waals surface area contributed by atoms with E-state index in [4.69, 9.17) is 39.5 Å². The zero-order valence-corrected chi connectivity index (χ0v) is 14.9. The summed E-state index contributed by atoms with van der Waals surface area (Å²) in [6.45, 7) is 2.30. The Morgan fingerprint density at radius 2 is 2.00 bits per heavy atom. The summed E-state index contributed by atoms with van der Waals surface area (Å²) in [6.07, 6.45) is 3.25. The number of carbonyl (C=O) groups is 1. The number of carbonyl (C=O) groups excluding carboxylic acids is 1. The first kappa shape index (κ1) is 17.4. The Hall–Kier alpha value is -1.40. The summed E-state index contributed by atoms with van der Waals surface area (Å²) in [7, 11) is 0. The first-order valence-electron chi connectivity index (χ1n) is 7.30. The van der Waals surface area contributed by atoms with Crippen LogP contribution >= 0.6 is 34.8 Å². The van der Waals surface area contributed by atoms with Crippen molar-refractivity contribution in [2.24, 2.45) is 5.92 Å². The second-order valence-electron chi connectivity index (χ2n) is 5.58. The number of hydrogen-bond acceptors (Lipinski definition) is 5. The number of aromatic nitrogens is 2. The molecular weight excluding hydrogens is 373 g/mol. The van der Waals surface area contributed by atoms with Crippen molar-refractivity contribution in [2.75, 3.05) is 13.1 Å². The minimum Gasteiger partial charge on any atom is -0.472 e. The highest BCUT2D eigenvalue weighted by molar-refractivity contribution is 6.64. The molecule has 0 bridgehead atoms. The standard InChI is InChI=1S/C16H14Cl3N3O2/c17-13-2-1-10(3-14(13)18)9-24-15-5-20-12(4-21-15)8-22-6-11(7-22)16(19)23/h1-5,11H,6-9H2. The Morgan fingerprint density at radius 1 is 1.21 bits per heavy atom. The minimum atomic E-state index is -0.275. The molecule has 3 rings (SSSR count). The number of benzene rings is 1. The highest BCUT2D eigenvalue weighted by Crippen LogP contribution is 2.23. The van der Waals surface area contributed by atoms with Gasteiger partial charge < -0.3 is 4.74 Å². The maximum Gasteiger partial charge on any atom is 0.232 e. The molecule has 0 amide bonds. The van der Waals surface area contributed by atoms with Gasteiger partial charge in [-0.25, -0.2) is 4.98 Å². The van der Waals surface area contributed by atoms with E-state index < -0.39 is 0 Å². The molecule has 1 fully saturated rings. The largest absolute Gasteiger partial charge is 0.472 e. The van der Waals surface area contributed by atoms with Crippen molar-refractivity contribution >= 4 is 40.0 Å². The van der Waals surface area contributed by atoms with E-state index in [2.05, 4.69) is 14.9 Å². The van der Waals surface area contributed by atoms with Gasteiger partial charge in [0.1, 0.15) is 6.61 Å².